The first-order valence-corrected chi connectivity index (χ1v) is 7.65. The van der Waals surface area contributed by atoms with Gasteiger partial charge in [0.1, 0.15) is 11.5 Å². The molecule has 4 heteroatoms. The summed E-state index contributed by atoms with van der Waals surface area (Å²) in [5.41, 5.74) is 2.64. The van der Waals surface area contributed by atoms with Gasteiger partial charge in [0.2, 0.25) is 0 Å². The van der Waals surface area contributed by atoms with Crippen LogP contribution in [-0.2, 0) is 7.05 Å². The van der Waals surface area contributed by atoms with E-state index < -0.39 is 0 Å². The summed E-state index contributed by atoms with van der Waals surface area (Å²) >= 11 is 0. The minimum atomic E-state index is 0.0422. The molecular weight excluding hydrogens is 262 g/mol. The lowest BCUT2D eigenvalue weighted by atomic mass is 9.99. The van der Waals surface area contributed by atoms with E-state index in [9.17, 15) is 4.79 Å². The smallest absolute Gasteiger partial charge is 0.255 e. The first-order chi connectivity index (χ1) is 9.73. The third kappa shape index (κ3) is 2.71. The van der Waals surface area contributed by atoms with Crippen molar-refractivity contribution in [1.82, 2.24) is 14.5 Å². The van der Waals surface area contributed by atoms with Crippen molar-refractivity contribution in [2.75, 3.05) is 0 Å². The first kappa shape index (κ1) is 15.7. The molecule has 2 aromatic heterocycles. The van der Waals surface area contributed by atoms with Crippen molar-refractivity contribution in [3.05, 3.63) is 33.5 Å². The largest absolute Gasteiger partial charge is 0.295 e. The Kier molecular flexibility index (Phi) is 4.17. The molecule has 114 valence electrons. The minimum absolute atomic E-state index is 0.0422. The molecule has 0 spiro atoms. The van der Waals surface area contributed by atoms with E-state index in [4.69, 9.17) is 4.98 Å². The molecule has 2 heterocycles. The lowest BCUT2D eigenvalue weighted by Crippen LogP contribution is -2.24. The molecule has 2 aromatic rings. The van der Waals surface area contributed by atoms with Crippen molar-refractivity contribution in [2.24, 2.45) is 7.05 Å². The van der Waals surface area contributed by atoms with Crippen LogP contribution >= 0.6 is 0 Å². The van der Waals surface area contributed by atoms with Gasteiger partial charge in [-0.3, -0.25) is 9.36 Å². The van der Waals surface area contributed by atoms with Crippen molar-refractivity contribution in [1.29, 1.82) is 0 Å². The van der Waals surface area contributed by atoms with Crippen molar-refractivity contribution < 1.29 is 0 Å². The van der Waals surface area contributed by atoms with Crippen molar-refractivity contribution in [3.8, 4) is 0 Å². The monoisotopic (exact) mass is 287 g/mol. The predicted octanol–water partition coefficient (Wildman–Crippen LogP) is 3.70. The Hall–Kier alpha value is -1.71. The highest BCUT2D eigenvalue weighted by molar-refractivity contribution is 5.79. The first-order valence-electron chi connectivity index (χ1n) is 7.65. The van der Waals surface area contributed by atoms with Crippen molar-refractivity contribution in [2.45, 2.75) is 59.3 Å². The summed E-state index contributed by atoms with van der Waals surface area (Å²) in [6.07, 6.45) is 0. The predicted molar refractivity (Wildman–Crippen MR) is 87.0 cm³/mol. The topological polar surface area (TPSA) is 47.8 Å². The van der Waals surface area contributed by atoms with Crippen LogP contribution in [-0.4, -0.2) is 14.5 Å². The highest BCUT2D eigenvalue weighted by atomic mass is 16.1. The number of aryl methyl sites for hydroxylation is 1. The van der Waals surface area contributed by atoms with E-state index in [1.54, 1.807) is 11.6 Å². The van der Waals surface area contributed by atoms with Crippen LogP contribution in [0.4, 0.5) is 0 Å². The van der Waals surface area contributed by atoms with E-state index in [1.165, 1.54) is 0 Å². The van der Waals surface area contributed by atoms with E-state index in [0.29, 0.717) is 5.92 Å². The Morgan fingerprint density at radius 2 is 1.57 bits per heavy atom. The molecule has 0 fully saturated rings. The van der Waals surface area contributed by atoms with Crippen LogP contribution in [0, 0.1) is 0 Å². The van der Waals surface area contributed by atoms with Gasteiger partial charge in [0, 0.05) is 23.9 Å². The summed E-state index contributed by atoms with van der Waals surface area (Å²) in [6.45, 7) is 12.5. The Bertz CT molecular complexity index is 727. The molecule has 0 aromatic carbocycles. The van der Waals surface area contributed by atoms with E-state index in [-0.39, 0.29) is 17.4 Å². The Labute approximate surface area is 126 Å². The molecule has 4 nitrogen and oxygen atoms in total. The maximum Gasteiger partial charge on any atom is 0.255 e. The molecule has 21 heavy (non-hydrogen) atoms. The summed E-state index contributed by atoms with van der Waals surface area (Å²) < 4.78 is 1.67. The molecule has 0 aliphatic carbocycles. The number of pyridine rings is 1. The van der Waals surface area contributed by atoms with Crippen LogP contribution < -0.4 is 5.56 Å². The second-order valence-corrected chi connectivity index (χ2v) is 6.63. The molecule has 0 aliphatic rings. The van der Waals surface area contributed by atoms with Gasteiger partial charge < -0.3 is 0 Å². The number of aromatic nitrogens is 3. The third-order valence-corrected chi connectivity index (χ3v) is 3.83. The number of fused-ring (bicyclic) bond motifs is 1. The van der Waals surface area contributed by atoms with E-state index in [0.717, 1.165) is 28.1 Å². The van der Waals surface area contributed by atoms with Crippen LogP contribution in [0.25, 0.3) is 11.0 Å². The lowest BCUT2D eigenvalue weighted by molar-refractivity contribution is 0.726. The van der Waals surface area contributed by atoms with Gasteiger partial charge in [-0.1, -0.05) is 41.5 Å². The zero-order valence-corrected chi connectivity index (χ0v) is 14.1. The van der Waals surface area contributed by atoms with Gasteiger partial charge in [-0.2, -0.15) is 0 Å². The van der Waals surface area contributed by atoms with Crippen molar-refractivity contribution >= 4 is 11.0 Å². The molecule has 0 unspecified atom stereocenters. The molecule has 0 radical (unpaired) electrons. The van der Waals surface area contributed by atoms with Crippen LogP contribution in [0.1, 0.15) is 76.4 Å². The lowest BCUT2D eigenvalue weighted by Gasteiger charge is -2.17. The quantitative estimate of drug-likeness (QED) is 0.864. The van der Waals surface area contributed by atoms with E-state index in [1.807, 2.05) is 19.9 Å². The summed E-state index contributed by atoms with van der Waals surface area (Å²) in [5.74, 6) is 1.54. The highest BCUT2D eigenvalue weighted by Crippen LogP contribution is 2.26. The fourth-order valence-electron chi connectivity index (χ4n) is 2.51. The van der Waals surface area contributed by atoms with Crippen LogP contribution in [0.15, 0.2) is 10.9 Å². The van der Waals surface area contributed by atoms with E-state index >= 15 is 0 Å². The second kappa shape index (κ2) is 5.58. The summed E-state index contributed by atoms with van der Waals surface area (Å²) in [4.78, 5) is 21.9. The number of nitrogens with zero attached hydrogens (tertiary/aromatic N) is 3. The van der Waals surface area contributed by atoms with Gasteiger partial charge in [-0.25, -0.2) is 9.97 Å². The molecule has 0 aliphatic heterocycles. The zero-order chi connectivity index (χ0) is 15.9. The fourth-order valence-corrected chi connectivity index (χ4v) is 2.51. The molecular formula is C17H25N3O. The maximum atomic E-state index is 12.5. The molecule has 0 saturated heterocycles. The molecule has 0 bridgehead atoms. The Morgan fingerprint density at radius 3 is 2.05 bits per heavy atom. The number of hydrogen-bond donors (Lipinski definition) is 0. The zero-order valence-electron chi connectivity index (χ0n) is 14.1. The van der Waals surface area contributed by atoms with Gasteiger partial charge in [-0.05, 0) is 17.9 Å². The average Bonchev–Trinajstić information content (AvgIpc) is 2.40. The summed E-state index contributed by atoms with van der Waals surface area (Å²) in [5, 5.41) is 1.00. The normalized spacial score (nSPS) is 12.1. The molecule has 0 atom stereocenters. The Balaban J connectivity index is 2.95. The minimum Gasteiger partial charge on any atom is -0.295 e. The highest BCUT2D eigenvalue weighted by Gasteiger charge is 2.18. The molecule has 0 saturated carbocycles. The van der Waals surface area contributed by atoms with E-state index in [2.05, 4.69) is 32.7 Å². The Morgan fingerprint density at radius 1 is 0.952 bits per heavy atom. The summed E-state index contributed by atoms with van der Waals surface area (Å²) in [7, 11) is 1.80. The number of rotatable bonds is 3. The number of hydrogen-bond acceptors (Lipinski definition) is 3. The molecule has 0 N–H and O–H groups in total. The second-order valence-electron chi connectivity index (χ2n) is 6.63. The molecule has 2 rings (SSSR count). The van der Waals surface area contributed by atoms with Gasteiger partial charge >= 0.3 is 0 Å². The maximum absolute atomic E-state index is 12.5. The van der Waals surface area contributed by atoms with Gasteiger partial charge in [0.05, 0.1) is 5.69 Å². The third-order valence-electron chi connectivity index (χ3n) is 3.83. The SMILES string of the molecule is CC(C)c1nc(C(C)C)c2cc(C(C)C)c(=O)n(C)c2n1. The van der Waals surface area contributed by atoms with Gasteiger partial charge in [0.25, 0.3) is 5.56 Å². The van der Waals surface area contributed by atoms with Crippen LogP contribution in [0.5, 0.6) is 0 Å². The molecule has 0 amide bonds. The fraction of sp³-hybridized carbons (Fsp3) is 0.588. The average molecular weight is 287 g/mol. The van der Waals surface area contributed by atoms with Gasteiger partial charge in [0.15, 0.2) is 0 Å². The van der Waals surface area contributed by atoms with Crippen molar-refractivity contribution in [3.63, 3.8) is 0 Å². The van der Waals surface area contributed by atoms with Gasteiger partial charge in [-0.15, -0.1) is 0 Å². The van der Waals surface area contributed by atoms with Crippen LogP contribution in [0.2, 0.25) is 0 Å². The summed E-state index contributed by atoms with van der Waals surface area (Å²) in [6, 6.07) is 1.99. The van der Waals surface area contributed by atoms with Crippen LogP contribution in [0.3, 0.4) is 0 Å². The standard InChI is InChI=1S/C17H25N3O/c1-9(2)12-8-13-14(10(3)4)18-15(11(5)6)19-16(13)20(7)17(12)21/h8-11H,1-7H3.